The molecule has 3 aliphatic rings. The molecule has 28 heavy (non-hydrogen) atoms. The number of ether oxygens (including phenoxy) is 1. The lowest BCUT2D eigenvalue weighted by Gasteiger charge is -2.51. The third-order valence-corrected chi connectivity index (χ3v) is 8.37. The third-order valence-electron chi connectivity index (χ3n) is 8.12. The fourth-order valence-corrected chi connectivity index (χ4v) is 6.80. The normalized spacial score (nSPS) is 33.5. The summed E-state index contributed by atoms with van der Waals surface area (Å²) in [6.07, 6.45) is 7.80. The molecule has 2 aromatic rings. The van der Waals surface area contributed by atoms with Crippen LogP contribution < -0.4 is 10.1 Å². The Labute approximate surface area is 173 Å². The minimum Gasteiger partial charge on any atom is -0.497 e. The molecular weight excluding hydrogens is 366 g/mol. The number of hydrogen-bond donors (Lipinski definition) is 1. The maximum atomic E-state index is 6.07. The second-order valence-electron chi connectivity index (χ2n) is 9.31. The van der Waals surface area contributed by atoms with Gasteiger partial charge >= 0.3 is 0 Å². The average Bonchev–Trinajstić information content (AvgIpc) is 3.05. The quantitative estimate of drug-likeness (QED) is 0.625. The van der Waals surface area contributed by atoms with Crippen LogP contribution in [-0.2, 0) is 6.42 Å². The van der Waals surface area contributed by atoms with Gasteiger partial charge in [0.1, 0.15) is 5.75 Å². The summed E-state index contributed by atoms with van der Waals surface area (Å²) in [6.45, 7) is 2.55. The van der Waals surface area contributed by atoms with E-state index in [0.717, 1.165) is 28.5 Å². The Morgan fingerprint density at radius 2 is 1.86 bits per heavy atom. The summed E-state index contributed by atoms with van der Waals surface area (Å²) in [7, 11) is 1.77. The van der Waals surface area contributed by atoms with Crippen LogP contribution in [0.25, 0.3) is 0 Å². The van der Waals surface area contributed by atoms with Crippen molar-refractivity contribution in [2.45, 2.75) is 57.4 Å². The predicted molar refractivity (Wildman–Crippen MR) is 116 cm³/mol. The first-order valence-electron chi connectivity index (χ1n) is 10.8. The lowest BCUT2D eigenvalue weighted by atomic mass is 9.55. The molecule has 0 aliphatic heterocycles. The number of methoxy groups -OCH3 is 1. The summed E-state index contributed by atoms with van der Waals surface area (Å²) in [5.74, 6) is 3.40. The number of hydrogen-bond acceptors (Lipinski definition) is 2. The molecule has 5 rings (SSSR count). The molecule has 0 aromatic heterocycles. The number of halogens is 1. The minimum atomic E-state index is 0.394. The summed E-state index contributed by atoms with van der Waals surface area (Å²) < 4.78 is 5.46. The average molecular weight is 396 g/mol. The highest BCUT2D eigenvalue weighted by Gasteiger charge is 2.54. The van der Waals surface area contributed by atoms with Gasteiger partial charge in [0.25, 0.3) is 0 Å². The molecule has 5 atom stereocenters. The molecule has 2 nitrogen and oxygen atoms in total. The summed E-state index contributed by atoms with van der Waals surface area (Å²) in [5, 5.41) is 4.67. The van der Waals surface area contributed by atoms with E-state index in [2.05, 4.69) is 42.6 Å². The third kappa shape index (κ3) is 2.92. The van der Waals surface area contributed by atoms with Gasteiger partial charge in [-0.2, -0.15) is 0 Å². The van der Waals surface area contributed by atoms with Gasteiger partial charge in [-0.3, -0.25) is 0 Å². The van der Waals surface area contributed by atoms with Crippen LogP contribution >= 0.6 is 11.6 Å². The molecule has 0 bridgehead atoms. The van der Waals surface area contributed by atoms with Crippen molar-refractivity contribution in [1.82, 2.24) is 0 Å². The summed E-state index contributed by atoms with van der Waals surface area (Å²) >= 11 is 6.07. The largest absolute Gasteiger partial charge is 0.497 e. The molecular formula is C25H30ClNO. The molecule has 0 radical (unpaired) electrons. The number of rotatable bonds is 3. The minimum absolute atomic E-state index is 0.394. The molecule has 3 heteroatoms. The molecule has 2 aromatic carbocycles. The van der Waals surface area contributed by atoms with Crippen molar-refractivity contribution >= 4 is 17.3 Å². The maximum absolute atomic E-state index is 6.07. The summed E-state index contributed by atoms with van der Waals surface area (Å²) in [4.78, 5) is 0. The van der Waals surface area contributed by atoms with Gasteiger partial charge in [0.05, 0.1) is 7.11 Å². The van der Waals surface area contributed by atoms with E-state index in [4.69, 9.17) is 16.3 Å². The molecule has 1 N–H and O–H groups in total. The van der Waals surface area contributed by atoms with Gasteiger partial charge in [-0.25, -0.2) is 0 Å². The van der Waals surface area contributed by atoms with E-state index < -0.39 is 0 Å². The Hall–Kier alpha value is -1.67. The zero-order valence-corrected chi connectivity index (χ0v) is 17.6. The lowest BCUT2D eigenvalue weighted by Crippen LogP contribution is -2.46. The van der Waals surface area contributed by atoms with Gasteiger partial charge in [-0.1, -0.05) is 24.6 Å². The molecule has 2 fully saturated rings. The van der Waals surface area contributed by atoms with Crippen molar-refractivity contribution in [3.63, 3.8) is 0 Å². The second-order valence-corrected chi connectivity index (χ2v) is 9.74. The fraction of sp³-hybridized carbons (Fsp3) is 0.520. The Balaban J connectivity index is 1.38. The molecule has 0 amide bonds. The predicted octanol–water partition coefficient (Wildman–Crippen LogP) is 6.69. The number of nitrogens with one attached hydrogen (secondary N) is 1. The fourth-order valence-electron chi connectivity index (χ4n) is 6.67. The molecule has 148 valence electrons. The van der Waals surface area contributed by atoms with E-state index >= 15 is 0 Å². The van der Waals surface area contributed by atoms with E-state index in [1.54, 1.807) is 12.7 Å². The van der Waals surface area contributed by atoms with Gasteiger partial charge in [0.2, 0.25) is 0 Å². The first-order chi connectivity index (χ1) is 13.6. The van der Waals surface area contributed by atoms with Crippen molar-refractivity contribution in [3.8, 4) is 5.75 Å². The number of aryl methyl sites for hydroxylation is 1. The first-order valence-corrected chi connectivity index (χ1v) is 11.2. The zero-order chi connectivity index (χ0) is 19.3. The highest BCUT2D eigenvalue weighted by molar-refractivity contribution is 6.30. The molecule has 0 unspecified atom stereocenters. The highest BCUT2D eigenvalue weighted by atomic mass is 35.5. The number of anilines is 1. The molecule has 0 saturated heterocycles. The Kier molecular flexibility index (Phi) is 4.58. The maximum Gasteiger partial charge on any atom is 0.119 e. The van der Waals surface area contributed by atoms with Crippen LogP contribution in [0.15, 0.2) is 42.5 Å². The topological polar surface area (TPSA) is 21.3 Å². The van der Waals surface area contributed by atoms with Crippen LogP contribution in [0.1, 0.15) is 56.1 Å². The van der Waals surface area contributed by atoms with Crippen LogP contribution in [0.3, 0.4) is 0 Å². The second kappa shape index (κ2) is 6.99. The van der Waals surface area contributed by atoms with Crippen molar-refractivity contribution in [2.24, 2.45) is 17.3 Å². The molecule has 2 saturated carbocycles. The Morgan fingerprint density at radius 3 is 2.64 bits per heavy atom. The zero-order valence-electron chi connectivity index (χ0n) is 16.9. The van der Waals surface area contributed by atoms with Crippen molar-refractivity contribution in [2.75, 3.05) is 12.4 Å². The molecule has 3 aliphatic carbocycles. The van der Waals surface area contributed by atoms with E-state index in [0.29, 0.717) is 11.5 Å². The van der Waals surface area contributed by atoms with Gasteiger partial charge in [0.15, 0.2) is 0 Å². The molecule has 0 spiro atoms. The highest BCUT2D eigenvalue weighted by Crippen LogP contribution is 2.61. The van der Waals surface area contributed by atoms with Crippen LogP contribution in [0.5, 0.6) is 5.75 Å². The lowest BCUT2D eigenvalue weighted by molar-refractivity contribution is 0.0535. The van der Waals surface area contributed by atoms with Gasteiger partial charge in [0, 0.05) is 16.8 Å². The van der Waals surface area contributed by atoms with Crippen molar-refractivity contribution in [3.05, 3.63) is 58.6 Å². The summed E-state index contributed by atoms with van der Waals surface area (Å²) in [5.41, 5.74) is 4.73. The Bertz CT molecular complexity index is 863. The molecule has 0 heterocycles. The monoisotopic (exact) mass is 395 g/mol. The van der Waals surface area contributed by atoms with Gasteiger partial charge in [-0.15, -0.1) is 0 Å². The number of fused-ring (bicyclic) bond motifs is 5. The SMILES string of the molecule is COc1ccc2c(c1)CC[C@@H]1[C@@H]2CC[C@]2(C)[C@@H](Nc3ccc(Cl)cc3)CC[C@@H]12. The van der Waals surface area contributed by atoms with Crippen LogP contribution in [0.4, 0.5) is 5.69 Å². The van der Waals surface area contributed by atoms with Gasteiger partial charge in [-0.05, 0) is 109 Å². The summed E-state index contributed by atoms with van der Waals surface area (Å²) in [6, 6.07) is 15.6. The van der Waals surface area contributed by atoms with Gasteiger partial charge < -0.3 is 10.1 Å². The smallest absolute Gasteiger partial charge is 0.119 e. The Morgan fingerprint density at radius 1 is 1.04 bits per heavy atom. The van der Waals surface area contributed by atoms with Crippen LogP contribution in [-0.4, -0.2) is 13.2 Å². The first kappa shape index (κ1) is 18.4. The van der Waals surface area contributed by atoms with Crippen molar-refractivity contribution < 1.29 is 4.74 Å². The van der Waals surface area contributed by atoms with E-state index in [1.165, 1.54) is 49.8 Å². The van der Waals surface area contributed by atoms with Crippen molar-refractivity contribution in [1.29, 1.82) is 0 Å². The van der Waals surface area contributed by atoms with E-state index in [1.807, 2.05) is 12.1 Å². The van der Waals surface area contributed by atoms with Crippen LogP contribution in [0, 0.1) is 17.3 Å². The number of benzene rings is 2. The standard InChI is InChI=1S/C25H30ClNO/c1-25-14-13-21-20-10-8-19(28-2)15-16(20)3-9-22(21)23(25)11-12-24(25)27-18-6-4-17(26)5-7-18/h4-8,10,15,21-24,27H,3,9,11-14H2,1-2H3/t21-,22-,23+,24+,25+/m1/s1. The van der Waals surface area contributed by atoms with E-state index in [9.17, 15) is 0 Å². The van der Waals surface area contributed by atoms with E-state index in [-0.39, 0.29) is 0 Å². The van der Waals surface area contributed by atoms with Crippen LogP contribution in [0.2, 0.25) is 5.02 Å².